The Kier molecular flexibility index (Phi) is 2.47. The molecule has 0 saturated heterocycles. The Morgan fingerprint density at radius 3 is 2.67 bits per heavy atom. The van der Waals surface area contributed by atoms with Crippen LogP contribution < -0.4 is 16.2 Å². The zero-order chi connectivity index (χ0) is 14.4. The highest BCUT2D eigenvalue weighted by Gasteiger charge is 2.23. The van der Waals surface area contributed by atoms with Gasteiger partial charge in [0.25, 0.3) is 0 Å². The number of nitrogens with zero attached hydrogens (tertiary/aromatic N) is 2. The average molecular weight is 278 g/mol. The van der Waals surface area contributed by atoms with Crippen LogP contribution in [-0.2, 0) is 6.42 Å². The smallest absolute Gasteiger partial charge is 0.222 e. The van der Waals surface area contributed by atoms with Gasteiger partial charge in [-0.15, -0.1) is 0 Å². The van der Waals surface area contributed by atoms with Crippen LogP contribution in [0.1, 0.15) is 5.56 Å². The van der Waals surface area contributed by atoms with Gasteiger partial charge in [0.1, 0.15) is 11.6 Å². The van der Waals surface area contributed by atoms with Crippen molar-refractivity contribution in [2.75, 3.05) is 18.1 Å². The summed E-state index contributed by atoms with van der Waals surface area (Å²) >= 11 is 0. The Balaban J connectivity index is 2.10. The molecule has 0 fully saturated rings. The van der Waals surface area contributed by atoms with Gasteiger partial charge in [-0.2, -0.15) is 4.98 Å². The zero-order valence-electron chi connectivity index (χ0n) is 11.3. The molecule has 0 radical (unpaired) electrons. The minimum absolute atomic E-state index is 0.178. The first-order chi connectivity index (χ1) is 10.2. The lowest BCUT2D eigenvalue weighted by Gasteiger charge is -2.12. The van der Waals surface area contributed by atoms with Crippen LogP contribution in [0.4, 0.5) is 11.8 Å². The fourth-order valence-corrected chi connectivity index (χ4v) is 2.89. The summed E-state index contributed by atoms with van der Waals surface area (Å²) < 4.78 is 5.79. The van der Waals surface area contributed by atoms with Crippen LogP contribution >= 0.6 is 0 Å². The van der Waals surface area contributed by atoms with Crippen molar-refractivity contribution < 1.29 is 4.74 Å². The topological polar surface area (TPSA) is 87.0 Å². The largest absolute Gasteiger partial charge is 0.492 e. The van der Waals surface area contributed by atoms with Crippen molar-refractivity contribution in [2.45, 2.75) is 6.42 Å². The van der Waals surface area contributed by atoms with Gasteiger partial charge < -0.3 is 16.2 Å². The lowest BCUT2D eigenvalue weighted by atomic mass is 9.96. The van der Waals surface area contributed by atoms with Crippen LogP contribution in [0.2, 0.25) is 0 Å². The third-order valence-corrected chi connectivity index (χ3v) is 3.77. The molecule has 0 unspecified atom stereocenters. The molecule has 3 aromatic rings. The van der Waals surface area contributed by atoms with Crippen molar-refractivity contribution in [3.05, 3.63) is 42.0 Å². The van der Waals surface area contributed by atoms with Crippen molar-refractivity contribution in [1.82, 2.24) is 9.97 Å². The molecule has 2 heterocycles. The first-order valence-electron chi connectivity index (χ1n) is 6.81. The van der Waals surface area contributed by atoms with E-state index in [1.165, 1.54) is 0 Å². The molecule has 104 valence electrons. The highest BCUT2D eigenvalue weighted by Crippen LogP contribution is 2.42. The van der Waals surface area contributed by atoms with Gasteiger partial charge in [0.15, 0.2) is 0 Å². The van der Waals surface area contributed by atoms with Crippen molar-refractivity contribution in [2.24, 2.45) is 0 Å². The van der Waals surface area contributed by atoms with E-state index < -0.39 is 0 Å². The Bertz CT molecular complexity index is 846. The van der Waals surface area contributed by atoms with Gasteiger partial charge in [-0.25, -0.2) is 4.98 Å². The van der Waals surface area contributed by atoms with Crippen LogP contribution in [0.3, 0.4) is 0 Å². The maximum Gasteiger partial charge on any atom is 0.222 e. The van der Waals surface area contributed by atoms with E-state index >= 15 is 0 Å². The molecule has 2 aromatic carbocycles. The van der Waals surface area contributed by atoms with E-state index in [4.69, 9.17) is 16.2 Å². The second-order valence-electron chi connectivity index (χ2n) is 5.06. The Morgan fingerprint density at radius 2 is 1.86 bits per heavy atom. The van der Waals surface area contributed by atoms with Gasteiger partial charge in [0.2, 0.25) is 5.95 Å². The Hall–Kier alpha value is -2.82. The molecule has 5 nitrogen and oxygen atoms in total. The summed E-state index contributed by atoms with van der Waals surface area (Å²) in [5.41, 5.74) is 15.9. The second-order valence-corrected chi connectivity index (χ2v) is 5.06. The third kappa shape index (κ3) is 1.78. The van der Waals surface area contributed by atoms with Gasteiger partial charge in [-0.1, -0.05) is 30.3 Å². The monoisotopic (exact) mass is 278 g/mol. The minimum atomic E-state index is 0.178. The molecule has 4 rings (SSSR count). The number of hydrogen-bond acceptors (Lipinski definition) is 5. The molecule has 0 amide bonds. The normalized spacial score (nSPS) is 13.1. The molecular weight excluding hydrogens is 264 g/mol. The summed E-state index contributed by atoms with van der Waals surface area (Å²) in [4.78, 5) is 8.35. The van der Waals surface area contributed by atoms with Crippen LogP contribution in [0, 0.1) is 0 Å². The molecule has 1 aliphatic heterocycles. The average Bonchev–Trinajstić information content (AvgIpc) is 2.95. The number of nitrogen functional groups attached to an aromatic ring is 2. The highest BCUT2D eigenvalue weighted by molar-refractivity contribution is 5.99. The number of rotatable bonds is 1. The number of anilines is 2. The van der Waals surface area contributed by atoms with E-state index in [1.54, 1.807) is 0 Å². The molecule has 1 aliphatic rings. The fourth-order valence-electron chi connectivity index (χ4n) is 2.89. The van der Waals surface area contributed by atoms with Gasteiger partial charge >= 0.3 is 0 Å². The quantitative estimate of drug-likeness (QED) is 0.713. The number of nitrogens with two attached hydrogens (primary N) is 2. The number of aromatic nitrogens is 2. The first-order valence-corrected chi connectivity index (χ1v) is 6.81. The number of benzene rings is 2. The van der Waals surface area contributed by atoms with E-state index in [0.717, 1.165) is 39.8 Å². The summed E-state index contributed by atoms with van der Waals surface area (Å²) in [6.07, 6.45) is 0.860. The number of ether oxygens (including phenoxy) is 1. The Labute approximate surface area is 121 Å². The highest BCUT2D eigenvalue weighted by atomic mass is 16.5. The molecule has 0 spiro atoms. The number of hydrogen-bond donors (Lipinski definition) is 2. The van der Waals surface area contributed by atoms with Crippen LogP contribution in [0.15, 0.2) is 36.4 Å². The number of fused-ring (bicyclic) bond motifs is 3. The molecular formula is C16H14N4O. The lowest BCUT2D eigenvalue weighted by molar-refractivity contribution is 0.360. The molecule has 21 heavy (non-hydrogen) atoms. The predicted molar refractivity (Wildman–Crippen MR) is 83.0 cm³/mol. The molecule has 0 aliphatic carbocycles. The fraction of sp³-hybridized carbons (Fsp3) is 0.125. The maximum absolute atomic E-state index is 6.01. The van der Waals surface area contributed by atoms with Crippen molar-refractivity contribution in [1.29, 1.82) is 0 Å². The summed E-state index contributed by atoms with van der Waals surface area (Å²) in [6.45, 7) is 0.651. The zero-order valence-corrected chi connectivity index (χ0v) is 11.3. The van der Waals surface area contributed by atoms with Gasteiger partial charge in [0.05, 0.1) is 17.5 Å². The molecule has 0 bridgehead atoms. The SMILES string of the molecule is Nc1nc(N)c2c3c(c(-c4ccccc4)cc2n1)CCO3. The van der Waals surface area contributed by atoms with E-state index in [0.29, 0.717) is 12.4 Å². The molecule has 4 N–H and O–H groups in total. The maximum atomic E-state index is 6.01. The summed E-state index contributed by atoms with van der Waals surface area (Å²) in [6, 6.07) is 12.2. The minimum Gasteiger partial charge on any atom is -0.492 e. The van der Waals surface area contributed by atoms with E-state index in [1.807, 2.05) is 24.3 Å². The second kappa shape index (κ2) is 4.34. The summed E-state index contributed by atoms with van der Waals surface area (Å²) in [5, 5.41) is 0.761. The van der Waals surface area contributed by atoms with E-state index in [9.17, 15) is 0 Å². The van der Waals surface area contributed by atoms with Crippen molar-refractivity contribution >= 4 is 22.7 Å². The first kappa shape index (κ1) is 12.0. The van der Waals surface area contributed by atoms with Crippen LogP contribution in [0.5, 0.6) is 5.75 Å². The summed E-state index contributed by atoms with van der Waals surface area (Å²) in [5.74, 6) is 1.34. The molecule has 0 saturated carbocycles. The van der Waals surface area contributed by atoms with Gasteiger partial charge in [0, 0.05) is 12.0 Å². The third-order valence-electron chi connectivity index (χ3n) is 3.77. The van der Waals surface area contributed by atoms with Gasteiger partial charge in [-0.3, -0.25) is 0 Å². The predicted octanol–water partition coefficient (Wildman–Crippen LogP) is 2.40. The lowest BCUT2D eigenvalue weighted by Crippen LogP contribution is -2.02. The van der Waals surface area contributed by atoms with Crippen molar-refractivity contribution in [3.63, 3.8) is 0 Å². The molecule has 0 atom stereocenters. The van der Waals surface area contributed by atoms with E-state index in [2.05, 4.69) is 22.1 Å². The molecule has 5 heteroatoms. The van der Waals surface area contributed by atoms with Crippen molar-refractivity contribution in [3.8, 4) is 16.9 Å². The Morgan fingerprint density at radius 1 is 1.05 bits per heavy atom. The standard InChI is InChI=1S/C16H14N4O/c17-15-13-12(19-16(18)20-15)8-11(9-4-2-1-3-5-9)10-6-7-21-14(10)13/h1-5,8H,6-7H2,(H4,17,18,19,20). The van der Waals surface area contributed by atoms with Crippen LogP contribution in [0.25, 0.3) is 22.0 Å². The van der Waals surface area contributed by atoms with E-state index in [-0.39, 0.29) is 5.95 Å². The summed E-state index contributed by atoms with van der Waals surface area (Å²) in [7, 11) is 0. The van der Waals surface area contributed by atoms with Crippen LogP contribution in [-0.4, -0.2) is 16.6 Å². The molecule has 1 aromatic heterocycles. The van der Waals surface area contributed by atoms with Gasteiger partial charge in [-0.05, 0) is 17.2 Å².